The average molecular weight is 516 g/mol. The van der Waals surface area contributed by atoms with Crippen LogP contribution in [0.1, 0.15) is 111 Å². The number of hydrogen-bond acceptors (Lipinski definition) is 4. The van der Waals surface area contributed by atoms with Crippen LogP contribution in [0.15, 0.2) is 24.3 Å². The van der Waals surface area contributed by atoms with Crippen molar-refractivity contribution in [2.45, 2.75) is 130 Å². The summed E-state index contributed by atoms with van der Waals surface area (Å²) in [6, 6.07) is 6.17. The Morgan fingerprint density at radius 2 is 1.59 bits per heavy atom. The normalized spacial score (nSPS) is 16.6. The highest BCUT2D eigenvalue weighted by molar-refractivity contribution is 5.93. The summed E-state index contributed by atoms with van der Waals surface area (Å²) in [6.07, 6.45) is 5.07. The van der Waals surface area contributed by atoms with E-state index in [4.69, 9.17) is 4.74 Å². The summed E-state index contributed by atoms with van der Waals surface area (Å²) in [7, 11) is 0. The number of nitrogens with one attached hydrogen (secondary N) is 2. The predicted octanol–water partition coefficient (Wildman–Crippen LogP) is 6.05. The third-order valence-electron chi connectivity index (χ3n) is 6.60. The van der Waals surface area contributed by atoms with Crippen LogP contribution in [-0.2, 0) is 14.3 Å². The van der Waals surface area contributed by atoms with Crippen molar-refractivity contribution in [3.8, 4) is 0 Å². The van der Waals surface area contributed by atoms with Gasteiger partial charge in [0.1, 0.15) is 17.7 Å². The first-order valence-electron chi connectivity index (χ1n) is 13.8. The van der Waals surface area contributed by atoms with Gasteiger partial charge in [-0.15, -0.1) is 0 Å². The minimum absolute atomic E-state index is 0.107. The lowest BCUT2D eigenvalue weighted by molar-refractivity contribution is -0.149. The molecule has 1 aliphatic carbocycles. The molecule has 7 nitrogen and oxygen atoms in total. The van der Waals surface area contributed by atoms with Gasteiger partial charge in [-0.25, -0.2) is 4.79 Å². The Morgan fingerprint density at radius 1 is 1.00 bits per heavy atom. The van der Waals surface area contributed by atoms with Crippen LogP contribution in [0.5, 0.6) is 0 Å². The van der Waals surface area contributed by atoms with Crippen molar-refractivity contribution >= 4 is 17.9 Å². The van der Waals surface area contributed by atoms with E-state index in [1.54, 1.807) is 25.7 Å². The van der Waals surface area contributed by atoms with Crippen molar-refractivity contribution in [3.63, 3.8) is 0 Å². The van der Waals surface area contributed by atoms with Crippen molar-refractivity contribution in [2.24, 2.45) is 5.92 Å². The lowest BCUT2D eigenvalue weighted by Crippen LogP contribution is -2.59. The maximum atomic E-state index is 14.3. The smallest absolute Gasteiger partial charge is 0.408 e. The number of benzene rings is 1. The van der Waals surface area contributed by atoms with Crippen LogP contribution in [0.4, 0.5) is 4.79 Å². The predicted molar refractivity (Wildman–Crippen MR) is 148 cm³/mol. The summed E-state index contributed by atoms with van der Waals surface area (Å²) in [5, 5.41) is 6.07. The molecule has 0 aliphatic heterocycles. The van der Waals surface area contributed by atoms with Crippen molar-refractivity contribution in [2.75, 3.05) is 0 Å². The van der Waals surface area contributed by atoms with E-state index < -0.39 is 29.3 Å². The summed E-state index contributed by atoms with van der Waals surface area (Å²) in [5.41, 5.74) is 0.343. The molecule has 7 heteroatoms. The van der Waals surface area contributed by atoms with E-state index in [-0.39, 0.29) is 23.8 Å². The zero-order valence-corrected chi connectivity index (χ0v) is 24.4. The monoisotopic (exact) mass is 515 g/mol. The van der Waals surface area contributed by atoms with Gasteiger partial charge in [-0.1, -0.05) is 57.4 Å². The fourth-order valence-corrected chi connectivity index (χ4v) is 4.97. The number of nitrogens with zero attached hydrogens (tertiary/aromatic N) is 1. The molecule has 3 amide bonds. The number of ether oxygens (including phenoxy) is 1. The number of carbonyl (C=O) groups is 3. The molecule has 0 bridgehead atoms. The highest BCUT2D eigenvalue weighted by Crippen LogP contribution is 2.33. The lowest BCUT2D eigenvalue weighted by atomic mass is 9.90. The minimum atomic E-state index is -0.830. The van der Waals surface area contributed by atoms with Gasteiger partial charge in [0.15, 0.2) is 0 Å². The minimum Gasteiger partial charge on any atom is -0.444 e. The van der Waals surface area contributed by atoms with E-state index in [0.717, 1.165) is 36.8 Å². The number of hydrogen-bond donors (Lipinski definition) is 2. The van der Waals surface area contributed by atoms with E-state index in [1.807, 2.05) is 65.8 Å². The van der Waals surface area contributed by atoms with Gasteiger partial charge in [-0.3, -0.25) is 9.59 Å². The molecule has 1 fully saturated rings. The number of rotatable bonds is 8. The van der Waals surface area contributed by atoms with Gasteiger partial charge in [0.05, 0.1) is 0 Å². The SMILES string of the molecule is Cc1ccccc1C(C(=O)NC1CCCCC1)N(C(=O)C(CC(C)C)NC(=O)OC(C)(C)C)C(C)(C)C. The van der Waals surface area contributed by atoms with Crippen LogP contribution in [-0.4, -0.2) is 46.0 Å². The standard InChI is InChI=1S/C30H49N3O4/c1-20(2)19-24(32-28(36)37-30(7,8)9)27(35)33(29(4,5)6)25(23-18-14-13-15-21(23)3)26(34)31-22-16-11-10-12-17-22/h13-15,18,20,22,24-25H,10-12,16-17,19H2,1-9H3,(H,31,34)(H,32,36). The Labute approximate surface area is 224 Å². The molecule has 0 aromatic heterocycles. The van der Waals surface area contributed by atoms with Gasteiger partial charge >= 0.3 is 6.09 Å². The van der Waals surface area contributed by atoms with Gasteiger partial charge < -0.3 is 20.3 Å². The lowest BCUT2D eigenvalue weighted by Gasteiger charge is -2.44. The molecule has 1 saturated carbocycles. The van der Waals surface area contributed by atoms with Gasteiger partial charge in [0.2, 0.25) is 11.8 Å². The molecule has 0 saturated heterocycles. The van der Waals surface area contributed by atoms with E-state index in [2.05, 4.69) is 10.6 Å². The van der Waals surface area contributed by atoms with Crippen LogP contribution in [0.2, 0.25) is 0 Å². The van der Waals surface area contributed by atoms with Crippen LogP contribution >= 0.6 is 0 Å². The molecule has 1 aromatic carbocycles. The van der Waals surface area contributed by atoms with Gasteiger partial charge in [0.25, 0.3) is 0 Å². The van der Waals surface area contributed by atoms with E-state index in [0.29, 0.717) is 6.42 Å². The van der Waals surface area contributed by atoms with E-state index >= 15 is 0 Å². The molecule has 0 heterocycles. The largest absolute Gasteiger partial charge is 0.444 e. The van der Waals surface area contributed by atoms with Crippen molar-refractivity contribution < 1.29 is 19.1 Å². The van der Waals surface area contributed by atoms with Gasteiger partial charge in [0, 0.05) is 11.6 Å². The summed E-state index contributed by atoms with van der Waals surface area (Å²) in [5.74, 6) is -0.331. The number of amides is 3. The molecule has 2 rings (SSSR count). The Morgan fingerprint density at radius 3 is 2.11 bits per heavy atom. The molecular formula is C30H49N3O4. The number of carbonyl (C=O) groups excluding carboxylic acids is 3. The fourth-order valence-electron chi connectivity index (χ4n) is 4.97. The van der Waals surface area contributed by atoms with Crippen molar-refractivity contribution in [1.82, 2.24) is 15.5 Å². The Kier molecular flexibility index (Phi) is 10.6. The summed E-state index contributed by atoms with van der Waals surface area (Å²) < 4.78 is 5.48. The molecular weight excluding hydrogens is 466 g/mol. The molecule has 2 N–H and O–H groups in total. The molecule has 0 radical (unpaired) electrons. The van der Waals surface area contributed by atoms with Crippen LogP contribution in [0, 0.1) is 12.8 Å². The number of aryl methyl sites for hydroxylation is 1. The van der Waals surface area contributed by atoms with Crippen LogP contribution in [0.25, 0.3) is 0 Å². The first kappa shape index (κ1) is 30.7. The van der Waals surface area contributed by atoms with Crippen molar-refractivity contribution in [3.05, 3.63) is 35.4 Å². The van der Waals surface area contributed by atoms with E-state index in [9.17, 15) is 14.4 Å². The molecule has 2 atom stereocenters. The second kappa shape index (κ2) is 12.8. The van der Waals surface area contributed by atoms with Gasteiger partial charge in [-0.2, -0.15) is 0 Å². The highest BCUT2D eigenvalue weighted by Gasteiger charge is 2.42. The Balaban J connectivity index is 2.52. The molecule has 2 unspecified atom stereocenters. The highest BCUT2D eigenvalue weighted by atomic mass is 16.6. The van der Waals surface area contributed by atoms with Crippen molar-refractivity contribution in [1.29, 1.82) is 0 Å². The summed E-state index contributed by atoms with van der Waals surface area (Å²) >= 11 is 0. The third kappa shape index (κ3) is 9.35. The van der Waals surface area contributed by atoms with Crippen LogP contribution < -0.4 is 10.6 Å². The quantitative estimate of drug-likeness (QED) is 0.441. The summed E-state index contributed by atoms with van der Waals surface area (Å²) in [6.45, 7) is 17.1. The topological polar surface area (TPSA) is 87.7 Å². The molecule has 1 aliphatic rings. The fraction of sp³-hybridized carbons (Fsp3) is 0.700. The molecule has 208 valence electrons. The van der Waals surface area contributed by atoms with E-state index in [1.165, 1.54) is 6.42 Å². The second-order valence-electron chi connectivity index (χ2n) is 12.8. The first-order chi connectivity index (χ1) is 17.1. The zero-order valence-electron chi connectivity index (χ0n) is 24.4. The summed E-state index contributed by atoms with van der Waals surface area (Å²) in [4.78, 5) is 42.7. The zero-order chi connectivity index (χ0) is 28.0. The molecule has 0 spiro atoms. The average Bonchev–Trinajstić information content (AvgIpc) is 2.75. The Hall–Kier alpha value is -2.57. The number of alkyl carbamates (subject to hydrolysis) is 1. The maximum Gasteiger partial charge on any atom is 0.408 e. The van der Waals surface area contributed by atoms with Gasteiger partial charge in [-0.05, 0) is 84.8 Å². The Bertz CT molecular complexity index is 923. The van der Waals surface area contributed by atoms with Crippen LogP contribution in [0.3, 0.4) is 0 Å². The molecule has 37 heavy (non-hydrogen) atoms. The maximum absolute atomic E-state index is 14.3. The third-order valence-corrected chi connectivity index (χ3v) is 6.60. The first-order valence-corrected chi connectivity index (χ1v) is 13.8. The molecule has 1 aromatic rings. The second-order valence-corrected chi connectivity index (χ2v) is 12.8.